The van der Waals surface area contributed by atoms with Crippen LogP contribution in [-0.4, -0.2) is 27.2 Å². The maximum Gasteiger partial charge on any atom is 0.327 e. The van der Waals surface area contributed by atoms with E-state index in [-0.39, 0.29) is 0 Å². The summed E-state index contributed by atoms with van der Waals surface area (Å²) in [6.45, 7) is 2.36. The van der Waals surface area contributed by atoms with Crippen LogP contribution < -0.4 is 4.74 Å². The summed E-state index contributed by atoms with van der Waals surface area (Å²) >= 11 is 6.09. The van der Waals surface area contributed by atoms with Gasteiger partial charge in [-0.05, 0) is 48.9 Å². The lowest BCUT2D eigenvalue weighted by molar-refractivity contribution is -0.140. The predicted molar refractivity (Wildman–Crippen MR) is 122 cm³/mol. The number of carboxylic acids is 1. The SMILES string of the molecule is Cc1oc(-c2ccccc2)nc1CCOc1ccc(CC(C(=O)O)n2cccc2Cl)cc1. The van der Waals surface area contributed by atoms with Crippen LogP contribution in [0.5, 0.6) is 5.75 Å². The molecule has 0 aliphatic rings. The second-order valence-corrected chi connectivity index (χ2v) is 7.81. The molecule has 7 heteroatoms. The van der Waals surface area contributed by atoms with E-state index in [2.05, 4.69) is 4.98 Å². The Morgan fingerprint density at radius 3 is 2.53 bits per heavy atom. The molecule has 0 bridgehead atoms. The van der Waals surface area contributed by atoms with Crippen LogP contribution in [0.4, 0.5) is 0 Å². The summed E-state index contributed by atoms with van der Waals surface area (Å²) in [5.41, 5.74) is 2.70. The number of aryl methyl sites for hydroxylation is 1. The number of hydrogen-bond donors (Lipinski definition) is 1. The lowest BCUT2D eigenvalue weighted by atomic mass is 10.1. The number of benzene rings is 2. The fourth-order valence-electron chi connectivity index (χ4n) is 3.50. The van der Waals surface area contributed by atoms with Crippen molar-refractivity contribution in [2.75, 3.05) is 6.61 Å². The van der Waals surface area contributed by atoms with E-state index in [9.17, 15) is 9.90 Å². The summed E-state index contributed by atoms with van der Waals surface area (Å²) in [5, 5.41) is 9.99. The lowest BCUT2D eigenvalue weighted by Crippen LogP contribution is -2.20. The zero-order chi connectivity index (χ0) is 22.5. The van der Waals surface area contributed by atoms with Gasteiger partial charge in [0.25, 0.3) is 0 Å². The molecule has 2 aromatic heterocycles. The maximum atomic E-state index is 11.7. The molecule has 32 heavy (non-hydrogen) atoms. The van der Waals surface area contributed by atoms with Gasteiger partial charge >= 0.3 is 5.97 Å². The van der Waals surface area contributed by atoms with Crippen molar-refractivity contribution >= 4 is 17.6 Å². The molecule has 164 valence electrons. The van der Waals surface area contributed by atoms with Crippen molar-refractivity contribution < 1.29 is 19.1 Å². The molecule has 0 aliphatic heterocycles. The molecule has 0 saturated carbocycles. The van der Waals surface area contributed by atoms with Gasteiger partial charge in [-0.3, -0.25) is 0 Å². The first-order valence-corrected chi connectivity index (χ1v) is 10.7. The number of nitrogens with zero attached hydrogens (tertiary/aromatic N) is 2. The minimum Gasteiger partial charge on any atom is -0.493 e. The van der Waals surface area contributed by atoms with Crippen molar-refractivity contribution in [1.82, 2.24) is 9.55 Å². The third-order valence-electron chi connectivity index (χ3n) is 5.22. The molecule has 6 nitrogen and oxygen atoms in total. The number of aromatic nitrogens is 2. The van der Waals surface area contributed by atoms with Gasteiger partial charge in [0.2, 0.25) is 5.89 Å². The summed E-state index contributed by atoms with van der Waals surface area (Å²) in [4.78, 5) is 16.3. The maximum absolute atomic E-state index is 11.7. The predicted octanol–water partition coefficient (Wildman–Crippen LogP) is 5.59. The first kappa shape index (κ1) is 21.7. The standard InChI is InChI=1S/C25H23ClN2O4/c1-17-21(27-24(32-17)19-6-3-2-4-7-19)13-15-31-20-11-9-18(10-12-20)16-22(25(29)30)28-14-5-8-23(28)26/h2-12,14,22H,13,15-16H2,1H3,(H,29,30). The largest absolute Gasteiger partial charge is 0.493 e. The van der Waals surface area contributed by atoms with E-state index in [4.69, 9.17) is 20.8 Å². The number of oxazole rings is 1. The highest BCUT2D eigenvalue weighted by molar-refractivity contribution is 6.29. The summed E-state index contributed by atoms with van der Waals surface area (Å²) in [6, 6.07) is 19.9. The second-order valence-electron chi connectivity index (χ2n) is 7.43. The molecule has 0 aliphatic carbocycles. The molecule has 4 aromatic rings. The van der Waals surface area contributed by atoms with Crippen LogP contribution in [0.3, 0.4) is 0 Å². The van der Waals surface area contributed by atoms with Crippen molar-refractivity contribution in [1.29, 1.82) is 0 Å². The molecule has 0 saturated heterocycles. The summed E-state index contributed by atoms with van der Waals surface area (Å²) < 4.78 is 13.2. The van der Waals surface area contributed by atoms with E-state index in [0.717, 1.165) is 22.6 Å². The molecule has 0 radical (unpaired) electrons. The quantitative estimate of drug-likeness (QED) is 0.359. The zero-order valence-corrected chi connectivity index (χ0v) is 18.3. The summed E-state index contributed by atoms with van der Waals surface area (Å²) in [5.74, 6) is 1.18. The van der Waals surface area contributed by atoms with E-state index in [1.165, 1.54) is 0 Å². The molecule has 1 unspecified atom stereocenters. The van der Waals surface area contributed by atoms with E-state index >= 15 is 0 Å². The van der Waals surface area contributed by atoms with Gasteiger partial charge in [0.1, 0.15) is 22.7 Å². The van der Waals surface area contributed by atoms with E-state index in [1.807, 2.05) is 61.5 Å². The number of ether oxygens (including phenoxy) is 1. The third-order valence-corrected chi connectivity index (χ3v) is 5.54. The smallest absolute Gasteiger partial charge is 0.327 e. The molecule has 0 spiro atoms. The normalized spacial score (nSPS) is 11.9. The number of hydrogen-bond acceptors (Lipinski definition) is 4. The van der Waals surface area contributed by atoms with Crippen molar-refractivity contribution in [2.24, 2.45) is 0 Å². The number of rotatable bonds is 9. The summed E-state index contributed by atoms with van der Waals surface area (Å²) in [7, 11) is 0. The van der Waals surface area contributed by atoms with Crippen LogP contribution in [-0.2, 0) is 17.6 Å². The highest BCUT2D eigenvalue weighted by Gasteiger charge is 2.21. The van der Waals surface area contributed by atoms with E-state index in [0.29, 0.717) is 36.2 Å². The molecular weight excluding hydrogens is 428 g/mol. The highest BCUT2D eigenvalue weighted by Crippen LogP contribution is 2.24. The van der Waals surface area contributed by atoms with E-state index < -0.39 is 12.0 Å². The fraction of sp³-hybridized carbons (Fsp3) is 0.200. The van der Waals surface area contributed by atoms with Crippen molar-refractivity contribution in [3.63, 3.8) is 0 Å². The molecule has 0 fully saturated rings. The average molecular weight is 451 g/mol. The minimum absolute atomic E-state index is 0.324. The van der Waals surface area contributed by atoms with Gasteiger partial charge in [-0.2, -0.15) is 0 Å². The van der Waals surface area contributed by atoms with Gasteiger partial charge in [-0.25, -0.2) is 9.78 Å². The first-order valence-electron chi connectivity index (χ1n) is 10.3. The van der Waals surface area contributed by atoms with Gasteiger partial charge in [-0.1, -0.05) is 41.9 Å². The Morgan fingerprint density at radius 2 is 1.88 bits per heavy atom. The van der Waals surface area contributed by atoms with Crippen molar-refractivity contribution in [3.8, 4) is 17.2 Å². The molecule has 2 heterocycles. The van der Waals surface area contributed by atoms with Gasteiger partial charge in [-0.15, -0.1) is 0 Å². The third kappa shape index (κ3) is 5.03. The Hall–Kier alpha value is -3.51. The Morgan fingerprint density at radius 1 is 1.12 bits per heavy atom. The molecule has 1 N–H and O–H groups in total. The van der Waals surface area contributed by atoms with Crippen LogP contribution >= 0.6 is 11.6 Å². The fourth-order valence-corrected chi connectivity index (χ4v) is 3.75. The lowest BCUT2D eigenvalue weighted by Gasteiger charge is -2.16. The Kier molecular flexibility index (Phi) is 6.61. The monoisotopic (exact) mass is 450 g/mol. The Bertz CT molecular complexity index is 1180. The van der Waals surface area contributed by atoms with Gasteiger partial charge in [0.05, 0.1) is 12.3 Å². The van der Waals surface area contributed by atoms with Crippen LogP contribution in [0.25, 0.3) is 11.5 Å². The first-order chi connectivity index (χ1) is 15.5. The van der Waals surface area contributed by atoms with Crippen LogP contribution in [0.15, 0.2) is 77.3 Å². The highest BCUT2D eigenvalue weighted by atomic mass is 35.5. The second kappa shape index (κ2) is 9.75. The zero-order valence-electron chi connectivity index (χ0n) is 17.6. The number of halogens is 1. The van der Waals surface area contributed by atoms with Crippen molar-refractivity contribution in [2.45, 2.75) is 25.8 Å². The van der Waals surface area contributed by atoms with Crippen molar-refractivity contribution in [3.05, 3.63) is 95.1 Å². The summed E-state index contributed by atoms with van der Waals surface area (Å²) in [6.07, 6.45) is 2.62. The van der Waals surface area contributed by atoms with Gasteiger partial charge in [0.15, 0.2) is 0 Å². The molecule has 2 aromatic carbocycles. The molecular formula is C25H23ClN2O4. The Labute approximate surface area is 191 Å². The number of carboxylic acid groups (broad SMARTS) is 1. The molecule has 0 amide bonds. The van der Waals surface area contributed by atoms with Crippen LogP contribution in [0.1, 0.15) is 23.1 Å². The van der Waals surface area contributed by atoms with Gasteiger partial charge < -0.3 is 18.8 Å². The van der Waals surface area contributed by atoms with Gasteiger partial charge in [0, 0.05) is 24.6 Å². The molecule has 1 atom stereocenters. The minimum atomic E-state index is -0.929. The van der Waals surface area contributed by atoms with Crippen LogP contribution in [0.2, 0.25) is 5.15 Å². The topological polar surface area (TPSA) is 77.5 Å². The average Bonchev–Trinajstić information content (AvgIpc) is 3.39. The van der Waals surface area contributed by atoms with Crippen LogP contribution in [0, 0.1) is 6.92 Å². The Balaban J connectivity index is 1.34. The molecule has 4 rings (SSSR count). The van der Waals surface area contributed by atoms with E-state index in [1.54, 1.807) is 22.9 Å². The number of aliphatic carboxylic acids is 1. The number of carbonyl (C=O) groups is 1.